The topological polar surface area (TPSA) is 53.1 Å². The molecule has 0 atom stereocenters. The van der Waals surface area contributed by atoms with Gasteiger partial charge in [-0.15, -0.1) is 0 Å². The molecule has 6 heteroatoms. The molecule has 2 rings (SSSR count). The minimum absolute atomic E-state index is 0.383. The summed E-state index contributed by atoms with van der Waals surface area (Å²) in [5.41, 5.74) is -1.81. The Morgan fingerprint density at radius 1 is 1.13 bits per heavy atom. The monoisotopic (exact) mass is 215 g/mol. The lowest BCUT2D eigenvalue weighted by Crippen LogP contribution is -2.09. The number of hydrogen-bond donors (Lipinski definition) is 2. The summed E-state index contributed by atoms with van der Waals surface area (Å²) in [5, 5.41) is 8.55. The molecule has 0 aliphatic carbocycles. The number of H-pyrrole nitrogens is 1. The summed E-state index contributed by atoms with van der Waals surface area (Å²) >= 11 is 0. The molecule has 2 aromatic rings. The van der Waals surface area contributed by atoms with Gasteiger partial charge in [-0.3, -0.25) is 4.79 Å². The number of rotatable bonds is 0. The van der Waals surface area contributed by atoms with E-state index in [-0.39, 0.29) is 5.39 Å². The van der Waals surface area contributed by atoms with Gasteiger partial charge < -0.3 is 10.1 Å². The Bertz CT molecular complexity index is 606. The number of pyridine rings is 1. The van der Waals surface area contributed by atoms with E-state index in [2.05, 4.69) is 0 Å². The molecule has 0 radical (unpaired) electrons. The third kappa shape index (κ3) is 1.25. The molecule has 0 unspecified atom stereocenters. The van der Waals surface area contributed by atoms with Crippen molar-refractivity contribution in [1.29, 1.82) is 0 Å². The van der Waals surface area contributed by atoms with Gasteiger partial charge in [0, 0.05) is 5.39 Å². The van der Waals surface area contributed by atoms with Gasteiger partial charge in [0.15, 0.2) is 17.5 Å². The highest BCUT2D eigenvalue weighted by Gasteiger charge is 2.15. The zero-order valence-corrected chi connectivity index (χ0v) is 7.14. The predicted molar refractivity (Wildman–Crippen MR) is 46.1 cm³/mol. The second kappa shape index (κ2) is 3.01. The Balaban J connectivity index is 3.05. The molecule has 0 bridgehead atoms. The smallest absolute Gasteiger partial charge is 0.293 e. The molecule has 1 heterocycles. The van der Waals surface area contributed by atoms with Crippen LogP contribution in [-0.4, -0.2) is 10.1 Å². The molecule has 3 nitrogen and oxygen atoms in total. The van der Waals surface area contributed by atoms with Gasteiger partial charge in [0.05, 0.1) is 5.52 Å². The molecule has 1 aromatic carbocycles. The first kappa shape index (κ1) is 9.57. The van der Waals surface area contributed by atoms with Gasteiger partial charge in [-0.2, -0.15) is 0 Å². The Morgan fingerprint density at radius 3 is 2.47 bits per heavy atom. The normalized spacial score (nSPS) is 10.9. The average Bonchev–Trinajstić information content (AvgIpc) is 2.21. The Kier molecular flexibility index (Phi) is 1.92. The van der Waals surface area contributed by atoms with Crippen LogP contribution in [0.3, 0.4) is 0 Å². The van der Waals surface area contributed by atoms with E-state index in [0.29, 0.717) is 6.07 Å². The number of benzene rings is 1. The second-order valence-electron chi connectivity index (χ2n) is 2.90. The Morgan fingerprint density at radius 2 is 1.80 bits per heavy atom. The molecular formula is C9H4F3NO2. The number of aromatic nitrogens is 1. The van der Waals surface area contributed by atoms with Gasteiger partial charge in [0.25, 0.3) is 5.56 Å². The van der Waals surface area contributed by atoms with Gasteiger partial charge in [-0.1, -0.05) is 0 Å². The number of halogens is 3. The van der Waals surface area contributed by atoms with Crippen molar-refractivity contribution in [2.24, 2.45) is 0 Å². The first-order valence-corrected chi connectivity index (χ1v) is 3.91. The van der Waals surface area contributed by atoms with E-state index in [1.165, 1.54) is 0 Å². The predicted octanol–water partition coefficient (Wildman–Crippen LogP) is 1.65. The lowest BCUT2D eigenvalue weighted by atomic mass is 10.2. The van der Waals surface area contributed by atoms with Gasteiger partial charge >= 0.3 is 0 Å². The molecule has 1 aromatic heterocycles. The van der Waals surface area contributed by atoms with Gasteiger partial charge in [0.2, 0.25) is 5.75 Å². The first-order valence-electron chi connectivity index (χ1n) is 3.91. The van der Waals surface area contributed by atoms with Crippen molar-refractivity contribution < 1.29 is 18.3 Å². The third-order valence-electron chi connectivity index (χ3n) is 1.99. The summed E-state index contributed by atoms with van der Waals surface area (Å²) in [5.74, 6) is -4.98. The summed E-state index contributed by atoms with van der Waals surface area (Å²) in [6.45, 7) is 0. The van der Waals surface area contributed by atoms with E-state index in [9.17, 15) is 18.0 Å². The molecule has 0 saturated carbocycles. The molecule has 0 saturated heterocycles. The quantitative estimate of drug-likeness (QED) is 0.702. The lowest BCUT2D eigenvalue weighted by molar-refractivity contribution is 0.427. The van der Waals surface area contributed by atoms with Crippen LogP contribution in [0.5, 0.6) is 5.75 Å². The summed E-state index contributed by atoms with van der Waals surface area (Å²) in [6.07, 6.45) is 0. The number of aromatic hydroxyl groups is 1. The minimum atomic E-state index is -1.36. The van der Waals surface area contributed by atoms with Gasteiger partial charge in [-0.25, -0.2) is 13.2 Å². The van der Waals surface area contributed by atoms with Crippen LogP contribution >= 0.6 is 0 Å². The second-order valence-corrected chi connectivity index (χ2v) is 2.90. The van der Waals surface area contributed by atoms with E-state index in [0.717, 1.165) is 6.07 Å². The summed E-state index contributed by atoms with van der Waals surface area (Å²) in [7, 11) is 0. The number of aromatic amines is 1. The molecule has 2 N–H and O–H groups in total. The van der Waals surface area contributed by atoms with Crippen molar-refractivity contribution in [2.45, 2.75) is 0 Å². The van der Waals surface area contributed by atoms with Crippen LogP contribution in [-0.2, 0) is 0 Å². The third-order valence-corrected chi connectivity index (χ3v) is 1.99. The summed E-state index contributed by atoms with van der Waals surface area (Å²) in [4.78, 5) is 12.7. The lowest BCUT2D eigenvalue weighted by Gasteiger charge is -2.02. The molecule has 0 spiro atoms. The molecule has 0 aliphatic heterocycles. The fraction of sp³-hybridized carbons (Fsp3) is 0. The maximum absolute atomic E-state index is 13.2. The highest BCUT2D eigenvalue weighted by atomic mass is 19.2. The van der Waals surface area contributed by atoms with Crippen molar-refractivity contribution in [1.82, 2.24) is 4.98 Å². The SMILES string of the molecule is O=c1[nH]c2c(F)c(F)ccc2c(F)c1O. The zero-order valence-electron chi connectivity index (χ0n) is 7.14. The maximum atomic E-state index is 13.2. The number of nitrogens with one attached hydrogen (secondary N) is 1. The van der Waals surface area contributed by atoms with Crippen LogP contribution in [0.25, 0.3) is 10.9 Å². The van der Waals surface area contributed by atoms with E-state index < -0.39 is 34.3 Å². The van der Waals surface area contributed by atoms with E-state index in [1.54, 1.807) is 0 Å². The fourth-order valence-corrected chi connectivity index (χ4v) is 1.26. The maximum Gasteiger partial charge on any atom is 0.293 e. The molecular weight excluding hydrogens is 211 g/mol. The van der Waals surface area contributed by atoms with Crippen LogP contribution in [0.15, 0.2) is 16.9 Å². The largest absolute Gasteiger partial charge is 0.501 e. The van der Waals surface area contributed by atoms with Crippen molar-refractivity contribution >= 4 is 10.9 Å². The molecule has 15 heavy (non-hydrogen) atoms. The van der Waals surface area contributed by atoms with E-state index >= 15 is 0 Å². The standard InChI is InChI=1S/C9H4F3NO2/c10-4-2-1-3-5(11)8(14)9(15)13-7(3)6(4)12/h1-2,14H,(H,13,15). The zero-order chi connectivity index (χ0) is 11.2. The summed E-state index contributed by atoms with van der Waals surface area (Å²) < 4.78 is 39.0. The van der Waals surface area contributed by atoms with Crippen LogP contribution < -0.4 is 5.56 Å². The highest BCUT2D eigenvalue weighted by molar-refractivity contribution is 5.81. The Hall–Kier alpha value is -1.98. The highest BCUT2D eigenvalue weighted by Crippen LogP contribution is 2.23. The molecule has 0 amide bonds. The molecule has 0 aliphatic rings. The van der Waals surface area contributed by atoms with Crippen LogP contribution in [0, 0.1) is 17.5 Å². The Labute approximate surface area is 80.8 Å². The number of hydrogen-bond acceptors (Lipinski definition) is 2. The molecule has 78 valence electrons. The van der Waals surface area contributed by atoms with Crippen LogP contribution in [0.4, 0.5) is 13.2 Å². The fourth-order valence-electron chi connectivity index (χ4n) is 1.26. The van der Waals surface area contributed by atoms with Crippen molar-refractivity contribution in [3.63, 3.8) is 0 Å². The van der Waals surface area contributed by atoms with Gasteiger partial charge in [-0.05, 0) is 12.1 Å². The average molecular weight is 215 g/mol. The van der Waals surface area contributed by atoms with E-state index in [1.807, 2.05) is 4.98 Å². The number of fused-ring (bicyclic) bond motifs is 1. The van der Waals surface area contributed by atoms with E-state index in [4.69, 9.17) is 5.11 Å². The first-order chi connectivity index (χ1) is 7.02. The van der Waals surface area contributed by atoms with Crippen molar-refractivity contribution in [2.75, 3.05) is 0 Å². The van der Waals surface area contributed by atoms with Gasteiger partial charge in [0.1, 0.15) is 0 Å². The minimum Gasteiger partial charge on any atom is -0.501 e. The van der Waals surface area contributed by atoms with Crippen molar-refractivity contribution in [3.8, 4) is 5.75 Å². The molecule has 0 fully saturated rings. The van der Waals surface area contributed by atoms with Crippen LogP contribution in [0.1, 0.15) is 0 Å². The summed E-state index contributed by atoms with van der Waals surface area (Å²) in [6, 6.07) is 1.64. The van der Waals surface area contributed by atoms with Crippen molar-refractivity contribution in [3.05, 3.63) is 39.9 Å². The van der Waals surface area contributed by atoms with Crippen LogP contribution in [0.2, 0.25) is 0 Å².